The van der Waals surface area contributed by atoms with Crippen LogP contribution in [0.25, 0.3) is 17.0 Å². The van der Waals surface area contributed by atoms with Crippen molar-refractivity contribution in [2.45, 2.75) is 12.8 Å². The SMILES string of the molecule is C=NCOc1c2c(c(Br)c3ccoc13)C=CCC2. The Hall–Kier alpha value is -1.55. The number of ether oxygens (including phenoxy) is 1. The van der Waals surface area contributed by atoms with Crippen molar-refractivity contribution in [2.75, 3.05) is 6.73 Å². The van der Waals surface area contributed by atoms with E-state index in [0.29, 0.717) is 0 Å². The fourth-order valence-corrected chi connectivity index (χ4v) is 2.99. The lowest BCUT2D eigenvalue weighted by atomic mass is 9.95. The van der Waals surface area contributed by atoms with Crippen LogP contribution in [0.5, 0.6) is 5.75 Å². The first-order chi connectivity index (χ1) is 8.83. The lowest BCUT2D eigenvalue weighted by Crippen LogP contribution is -2.03. The first kappa shape index (κ1) is 11.5. The predicted octanol–water partition coefficient (Wildman–Crippen LogP) is 4.19. The van der Waals surface area contributed by atoms with Crippen molar-refractivity contribution in [3.63, 3.8) is 0 Å². The molecule has 0 atom stereocenters. The van der Waals surface area contributed by atoms with E-state index in [1.165, 1.54) is 11.1 Å². The summed E-state index contributed by atoms with van der Waals surface area (Å²) in [4.78, 5) is 3.75. The topological polar surface area (TPSA) is 34.7 Å². The Morgan fingerprint density at radius 3 is 3.22 bits per heavy atom. The lowest BCUT2D eigenvalue weighted by molar-refractivity contribution is 0.327. The summed E-state index contributed by atoms with van der Waals surface area (Å²) in [5.41, 5.74) is 3.13. The molecule has 0 aliphatic heterocycles. The number of hydrogen-bond donors (Lipinski definition) is 0. The molecule has 2 aromatic rings. The molecule has 18 heavy (non-hydrogen) atoms. The van der Waals surface area contributed by atoms with E-state index >= 15 is 0 Å². The van der Waals surface area contributed by atoms with Gasteiger partial charge >= 0.3 is 0 Å². The minimum Gasteiger partial charge on any atom is -0.467 e. The average Bonchev–Trinajstić information content (AvgIpc) is 2.88. The third kappa shape index (κ3) is 1.68. The zero-order chi connectivity index (χ0) is 12.5. The zero-order valence-corrected chi connectivity index (χ0v) is 11.4. The number of benzene rings is 1. The Labute approximate surface area is 113 Å². The number of allylic oxidation sites excluding steroid dienone is 1. The van der Waals surface area contributed by atoms with Crippen LogP contribution in [-0.4, -0.2) is 13.4 Å². The number of rotatable bonds is 3. The van der Waals surface area contributed by atoms with E-state index in [2.05, 4.69) is 39.8 Å². The van der Waals surface area contributed by atoms with Crippen molar-refractivity contribution in [1.82, 2.24) is 0 Å². The van der Waals surface area contributed by atoms with Crippen LogP contribution in [0.15, 0.2) is 32.3 Å². The smallest absolute Gasteiger partial charge is 0.178 e. The fourth-order valence-electron chi connectivity index (χ4n) is 2.31. The molecule has 1 aliphatic carbocycles. The quantitative estimate of drug-likeness (QED) is 0.797. The van der Waals surface area contributed by atoms with Crippen molar-refractivity contribution in [3.05, 3.63) is 34.0 Å². The molecule has 0 saturated heterocycles. The molecule has 0 fully saturated rings. The summed E-state index contributed by atoms with van der Waals surface area (Å²) in [6, 6.07) is 1.94. The van der Waals surface area contributed by atoms with Gasteiger partial charge in [0.2, 0.25) is 0 Å². The van der Waals surface area contributed by atoms with E-state index < -0.39 is 0 Å². The number of hydrogen-bond acceptors (Lipinski definition) is 3. The maximum absolute atomic E-state index is 5.70. The normalized spacial score (nSPS) is 13.6. The molecular weight excluding hydrogens is 294 g/mol. The molecule has 1 heterocycles. The van der Waals surface area contributed by atoms with E-state index in [9.17, 15) is 0 Å². The van der Waals surface area contributed by atoms with Gasteiger partial charge in [0.1, 0.15) is 0 Å². The molecule has 92 valence electrons. The highest BCUT2D eigenvalue weighted by molar-refractivity contribution is 9.10. The molecule has 1 aromatic heterocycles. The zero-order valence-electron chi connectivity index (χ0n) is 9.78. The van der Waals surface area contributed by atoms with Gasteiger partial charge in [0.05, 0.1) is 6.26 Å². The Bertz CT molecular complexity index is 643. The van der Waals surface area contributed by atoms with Gasteiger partial charge in [0.25, 0.3) is 0 Å². The van der Waals surface area contributed by atoms with E-state index in [1.807, 2.05) is 6.07 Å². The van der Waals surface area contributed by atoms with Gasteiger partial charge in [-0.2, -0.15) is 0 Å². The molecule has 1 aromatic carbocycles. The Kier molecular flexibility index (Phi) is 2.96. The summed E-state index contributed by atoms with van der Waals surface area (Å²) in [5.74, 6) is 0.796. The van der Waals surface area contributed by atoms with Crippen molar-refractivity contribution in [1.29, 1.82) is 0 Å². The fraction of sp³-hybridized carbons (Fsp3) is 0.214. The van der Waals surface area contributed by atoms with Gasteiger partial charge in [0.15, 0.2) is 18.1 Å². The number of furan rings is 1. The highest BCUT2D eigenvalue weighted by Gasteiger charge is 2.21. The van der Waals surface area contributed by atoms with Gasteiger partial charge in [-0.25, -0.2) is 0 Å². The molecule has 3 rings (SSSR count). The molecule has 4 heteroatoms. The maximum atomic E-state index is 5.70. The monoisotopic (exact) mass is 305 g/mol. The third-order valence-corrected chi connectivity index (χ3v) is 3.94. The molecule has 3 nitrogen and oxygen atoms in total. The van der Waals surface area contributed by atoms with Crippen molar-refractivity contribution in [3.8, 4) is 5.75 Å². The molecule has 0 bridgehead atoms. The van der Waals surface area contributed by atoms with Crippen LogP contribution < -0.4 is 4.74 Å². The Morgan fingerprint density at radius 2 is 2.39 bits per heavy atom. The van der Waals surface area contributed by atoms with E-state index in [-0.39, 0.29) is 6.73 Å². The van der Waals surface area contributed by atoms with E-state index in [4.69, 9.17) is 9.15 Å². The summed E-state index contributed by atoms with van der Waals surface area (Å²) in [6.07, 6.45) is 7.95. The van der Waals surface area contributed by atoms with Crippen LogP contribution in [0, 0.1) is 0 Å². The summed E-state index contributed by atoms with van der Waals surface area (Å²) in [5, 5.41) is 1.03. The number of aliphatic imine (C=N–C) groups is 1. The maximum Gasteiger partial charge on any atom is 0.178 e. The van der Waals surface area contributed by atoms with E-state index in [1.54, 1.807) is 6.26 Å². The standard InChI is InChI=1S/C14H12BrNO2/c1-16-8-18-13-10-5-3-2-4-9(10)12(15)11-6-7-17-14(11)13/h2,4,6-7H,1,3,5,8H2. The molecule has 0 saturated carbocycles. The number of fused-ring (bicyclic) bond motifs is 2. The highest BCUT2D eigenvalue weighted by atomic mass is 79.9. The molecule has 0 radical (unpaired) electrons. The number of halogens is 1. The third-order valence-electron chi connectivity index (χ3n) is 3.09. The van der Waals surface area contributed by atoms with Crippen molar-refractivity contribution < 1.29 is 9.15 Å². The van der Waals surface area contributed by atoms with Crippen molar-refractivity contribution >= 4 is 39.7 Å². The Balaban J connectivity index is 2.30. The first-order valence-corrected chi connectivity index (χ1v) is 6.55. The van der Waals surface area contributed by atoms with Crippen LogP contribution in [0.1, 0.15) is 17.5 Å². The molecule has 0 unspecified atom stereocenters. The van der Waals surface area contributed by atoms with E-state index in [0.717, 1.165) is 34.0 Å². The minimum absolute atomic E-state index is 0.244. The average molecular weight is 306 g/mol. The molecule has 0 spiro atoms. The molecule has 0 N–H and O–H groups in total. The second kappa shape index (κ2) is 4.61. The van der Waals surface area contributed by atoms with Crippen molar-refractivity contribution in [2.24, 2.45) is 4.99 Å². The summed E-state index contributed by atoms with van der Waals surface area (Å²) in [7, 11) is 0. The molecule has 0 amide bonds. The minimum atomic E-state index is 0.244. The second-order valence-electron chi connectivity index (χ2n) is 4.14. The molecule has 1 aliphatic rings. The second-order valence-corrected chi connectivity index (χ2v) is 4.93. The lowest BCUT2D eigenvalue weighted by Gasteiger charge is -2.17. The number of nitrogens with zero attached hydrogens (tertiary/aromatic N) is 1. The van der Waals surface area contributed by atoms with Crippen LogP contribution in [0.3, 0.4) is 0 Å². The van der Waals surface area contributed by atoms with Crippen LogP contribution in [-0.2, 0) is 6.42 Å². The van der Waals surface area contributed by atoms with Gasteiger partial charge in [0, 0.05) is 15.4 Å². The summed E-state index contributed by atoms with van der Waals surface area (Å²) in [6.45, 7) is 3.69. The van der Waals surface area contributed by atoms with Crippen LogP contribution in [0.2, 0.25) is 0 Å². The first-order valence-electron chi connectivity index (χ1n) is 5.76. The van der Waals surface area contributed by atoms with Gasteiger partial charge in [-0.15, -0.1) is 0 Å². The summed E-state index contributed by atoms with van der Waals surface area (Å²) < 4.78 is 12.3. The Morgan fingerprint density at radius 1 is 1.50 bits per heavy atom. The van der Waals surface area contributed by atoms with Gasteiger partial charge in [-0.05, 0) is 47.1 Å². The van der Waals surface area contributed by atoms with Crippen LogP contribution >= 0.6 is 15.9 Å². The summed E-state index contributed by atoms with van der Waals surface area (Å²) >= 11 is 3.65. The van der Waals surface area contributed by atoms with Gasteiger partial charge < -0.3 is 9.15 Å². The highest BCUT2D eigenvalue weighted by Crippen LogP contribution is 2.42. The largest absolute Gasteiger partial charge is 0.467 e. The van der Waals surface area contributed by atoms with Gasteiger partial charge in [-0.1, -0.05) is 12.2 Å². The van der Waals surface area contributed by atoms with Crippen LogP contribution in [0.4, 0.5) is 0 Å². The van der Waals surface area contributed by atoms with Gasteiger partial charge in [-0.3, -0.25) is 4.99 Å². The molecular formula is C14H12BrNO2. The predicted molar refractivity (Wildman–Crippen MR) is 76.3 cm³/mol.